The number of nitrogens with zero attached hydrogens (tertiary/aromatic N) is 2. The van der Waals surface area contributed by atoms with Crippen LogP contribution in [0.5, 0.6) is 5.75 Å². The lowest BCUT2D eigenvalue weighted by molar-refractivity contribution is -0.386. The molecule has 0 saturated carbocycles. The summed E-state index contributed by atoms with van der Waals surface area (Å²) in [6.45, 7) is 1.19. The van der Waals surface area contributed by atoms with Crippen LogP contribution in [0.15, 0.2) is 78.9 Å². The average molecular weight is 420 g/mol. The first-order valence-electron chi connectivity index (χ1n) is 9.83. The summed E-state index contributed by atoms with van der Waals surface area (Å²) in [5.41, 5.74) is 1.88. The third kappa shape index (κ3) is 5.26. The van der Waals surface area contributed by atoms with Crippen LogP contribution in [0.1, 0.15) is 35.8 Å². The molecular weight excluding hydrogens is 396 g/mol. The molecule has 1 unspecified atom stereocenters. The van der Waals surface area contributed by atoms with Gasteiger partial charge in [0.25, 0.3) is 11.6 Å². The monoisotopic (exact) mass is 420 g/mol. The smallest absolute Gasteiger partial charge is 0.275 e. The number of hydrogen-bond acceptors (Lipinski definition) is 5. The van der Waals surface area contributed by atoms with Crippen LogP contribution in [0.25, 0.3) is 0 Å². The number of ether oxygens (including phenoxy) is 1. The predicted octanol–water partition coefficient (Wildman–Crippen LogP) is 4.27. The molecule has 1 atom stereocenters. The van der Waals surface area contributed by atoms with E-state index >= 15 is 0 Å². The van der Waals surface area contributed by atoms with E-state index in [2.05, 4.69) is 0 Å². The van der Waals surface area contributed by atoms with Crippen molar-refractivity contribution < 1.29 is 19.6 Å². The molecule has 1 N–H and O–H groups in total. The van der Waals surface area contributed by atoms with E-state index in [1.807, 2.05) is 60.7 Å². The van der Waals surface area contributed by atoms with Crippen molar-refractivity contribution in [3.63, 3.8) is 0 Å². The number of nitro benzene ring substituents is 1. The molecule has 3 aromatic rings. The zero-order chi connectivity index (χ0) is 22.4. The Bertz CT molecular complexity index is 999. The molecule has 0 radical (unpaired) electrons. The van der Waals surface area contributed by atoms with Crippen molar-refractivity contribution in [3.8, 4) is 5.75 Å². The van der Waals surface area contributed by atoms with Crippen molar-refractivity contribution >= 4 is 11.6 Å². The number of benzene rings is 3. The summed E-state index contributed by atoms with van der Waals surface area (Å²) in [7, 11) is 1.72. The highest BCUT2D eigenvalue weighted by atomic mass is 16.6. The number of nitro groups is 1. The molecule has 7 nitrogen and oxygen atoms in total. The first kappa shape index (κ1) is 22.0. The van der Waals surface area contributed by atoms with Crippen molar-refractivity contribution in [1.82, 2.24) is 4.90 Å². The number of rotatable bonds is 8. The van der Waals surface area contributed by atoms with Gasteiger partial charge in [-0.05, 0) is 30.2 Å². The molecule has 31 heavy (non-hydrogen) atoms. The van der Waals surface area contributed by atoms with E-state index in [0.29, 0.717) is 0 Å². The highest BCUT2D eigenvalue weighted by Crippen LogP contribution is 2.30. The van der Waals surface area contributed by atoms with Gasteiger partial charge in [0.15, 0.2) is 6.61 Å². The molecule has 3 rings (SSSR count). The summed E-state index contributed by atoms with van der Waals surface area (Å²) in [6, 6.07) is 23.2. The Morgan fingerprint density at radius 1 is 1.03 bits per heavy atom. The Balaban J connectivity index is 1.79. The molecule has 0 fully saturated rings. The van der Waals surface area contributed by atoms with Crippen LogP contribution in [0.3, 0.4) is 0 Å². The number of aliphatic hydroxyl groups is 1. The molecular formula is C24H24N2O5. The summed E-state index contributed by atoms with van der Waals surface area (Å²) in [6.07, 6.45) is -1.04. The van der Waals surface area contributed by atoms with E-state index < -0.39 is 11.0 Å². The van der Waals surface area contributed by atoms with Crippen molar-refractivity contribution in [2.45, 2.75) is 19.1 Å². The number of aliphatic hydroxyl groups excluding tert-OH is 1. The molecule has 7 heteroatoms. The highest BCUT2D eigenvalue weighted by Gasteiger charge is 2.24. The summed E-state index contributed by atoms with van der Waals surface area (Å²) < 4.78 is 5.61. The van der Waals surface area contributed by atoms with Crippen molar-refractivity contribution in [2.75, 3.05) is 13.7 Å². The van der Waals surface area contributed by atoms with Crippen molar-refractivity contribution in [3.05, 3.63) is 106 Å². The molecule has 0 spiro atoms. The molecule has 1 amide bonds. The Hall–Kier alpha value is -3.71. The Kier molecular flexibility index (Phi) is 6.99. The van der Waals surface area contributed by atoms with Gasteiger partial charge >= 0.3 is 0 Å². The van der Waals surface area contributed by atoms with Gasteiger partial charge in [-0.25, -0.2) is 0 Å². The summed E-state index contributed by atoms with van der Waals surface area (Å²) >= 11 is 0. The van der Waals surface area contributed by atoms with E-state index in [-0.39, 0.29) is 35.6 Å². The summed E-state index contributed by atoms with van der Waals surface area (Å²) in [5, 5.41) is 21.0. The van der Waals surface area contributed by atoms with Crippen LogP contribution in [0, 0.1) is 10.1 Å². The SMILES string of the molecule is CC(O)c1cc(OCC(=O)N(C)C(c2ccccc2)c2ccccc2)ccc1[N+](=O)[O-]. The second-order valence-electron chi connectivity index (χ2n) is 7.17. The maximum Gasteiger partial charge on any atom is 0.275 e. The Morgan fingerprint density at radius 2 is 1.58 bits per heavy atom. The van der Waals surface area contributed by atoms with Crippen LogP contribution < -0.4 is 4.74 Å². The number of hydrogen-bond donors (Lipinski definition) is 1. The Labute approximate surface area is 180 Å². The maximum absolute atomic E-state index is 12.9. The fourth-order valence-electron chi connectivity index (χ4n) is 3.42. The average Bonchev–Trinajstić information content (AvgIpc) is 2.78. The van der Waals surface area contributed by atoms with Crippen LogP contribution in [-0.4, -0.2) is 34.5 Å². The molecule has 0 aliphatic heterocycles. The van der Waals surface area contributed by atoms with Gasteiger partial charge in [-0.3, -0.25) is 14.9 Å². The Morgan fingerprint density at radius 3 is 2.06 bits per heavy atom. The normalized spacial score (nSPS) is 11.7. The lowest BCUT2D eigenvalue weighted by Crippen LogP contribution is -2.35. The minimum atomic E-state index is -1.04. The van der Waals surface area contributed by atoms with E-state index in [1.54, 1.807) is 11.9 Å². The second-order valence-corrected chi connectivity index (χ2v) is 7.17. The van der Waals surface area contributed by atoms with Gasteiger partial charge in [0.05, 0.1) is 22.6 Å². The largest absolute Gasteiger partial charge is 0.484 e. The summed E-state index contributed by atoms with van der Waals surface area (Å²) in [5.74, 6) is 0.0221. The molecule has 0 aromatic heterocycles. The first-order valence-corrected chi connectivity index (χ1v) is 9.83. The van der Waals surface area contributed by atoms with Crippen molar-refractivity contribution in [1.29, 1.82) is 0 Å². The molecule has 3 aromatic carbocycles. The minimum absolute atomic E-state index is 0.134. The predicted molar refractivity (Wildman–Crippen MR) is 117 cm³/mol. The number of amides is 1. The van der Waals surface area contributed by atoms with Crippen LogP contribution in [0.4, 0.5) is 5.69 Å². The summed E-state index contributed by atoms with van der Waals surface area (Å²) in [4.78, 5) is 25.1. The lowest BCUT2D eigenvalue weighted by atomic mass is 9.97. The second kappa shape index (κ2) is 9.86. The number of carbonyl (C=O) groups is 1. The van der Waals surface area contributed by atoms with Crippen molar-refractivity contribution in [2.24, 2.45) is 0 Å². The van der Waals surface area contributed by atoms with E-state index in [9.17, 15) is 20.0 Å². The fraction of sp³-hybridized carbons (Fsp3) is 0.208. The van der Waals surface area contributed by atoms with Gasteiger partial charge in [0, 0.05) is 13.1 Å². The molecule has 0 aliphatic carbocycles. The lowest BCUT2D eigenvalue weighted by Gasteiger charge is -2.29. The van der Waals surface area contributed by atoms with Gasteiger partial charge in [-0.15, -0.1) is 0 Å². The van der Waals surface area contributed by atoms with E-state index in [1.165, 1.54) is 25.1 Å². The topological polar surface area (TPSA) is 92.9 Å². The highest BCUT2D eigenvalue weighted by molar-refractivity contribution is 5.78. The first-order chi connectivity index (χ1) is 14.9. The third-order valence-corrected chi connectivity index (χ3v) is 5.02. The molecule has 0 saturated heterocycles. The van der Waals surface area contributed by atoms with E-state index in [0.717, 1.165) is 11.1 Å². The maximum atomic E-state index is 12.9. The zero-order valence-corrected chi connectivity index (χ0v) is 17.3. The van der Waals surface area contributed by atoms with Gasteiger partial charge in [0.1, 0.15) is 5.75 Å². The standard InChI is InChI=1S/C24H24N2O5/c1-17(27)21-15-20(13-14-22(21)26(29)30)31-16-23(28)25(2)24(18-9-5-3-6-10-18)19-11-7-4-8-12-19/h3-15,17,24,27H,16H2,1-2H3. The van der Waals surface area contributed by atoms with Gasteiger partial charge < -0.3 is 14.7 Å². The number of carbonyl (C=O) groups excluding carboxylic acids is 1. The third-order valence-electron chi connectivity index (χ3n) is 5.02. The van der Waals surface area contributed by atoms with Gasteiger partial charge in [0.2, 0.25) is 0 Å². The minimum Gasteiger partial charge on any atom is -0.484 e. The number of likely N-dealkylation sites (N-methyl/N-ethyl adjacent to an activating group) is 1. The quantitative estimate of drug-likeness (QED) is 0.434. The molecule has 0 heterocycles. The van der Waals surface area contributed by atoms with Crippen LogP contribution in [-0.2, 0) is 4.79 Å². The van der Waals surface area contributed by atoms with E-state index in [4.69, 9.17) is 4.74 Å². The fourth-order valence-corrected chi connectivity index (χ4v) is 3.42. The van der Waals surface area contributed by atoms with Gasteiger partial charge in [-0.1, -0.05) is 60.7 Å². The van der Waals surface area contributed by atoms with Crippen LogP contribution in [0.2, 0.25) is 0 Å². The van der Waals surface area contributed by atoms with Crippen LogP contribution >= 0.6 is 0 Å². The molecule has 0 bridgehead atoms. The zero-order valence-electron chi connectivity index (χ0n) is 17.3. The molecule has 0 aliphatic rings. The molecule has 160 valence electrons. The van der Waals surface area contributed by atoms with Gasteiger partial charge in [-0.2, -0.15) is 0 Å².